The molecule has 0 aliphatic carbocycles. The van der Waals surface area contributed by atoms with Crippen molar-refractivity contribution in [3.63, 3.8) is 0 Å². The predicted molar refractivity (Wildman–Crippen MR) is 146 cm³/mol. The lowest BCUT2D eigenvalue weighted by molar-refractivity contribution is -0.116. The van der Waals surface area contributed by atoms with Crippen molar-refractivity contribution < 1.29 is 14.3 Å². The van der Waals surface area contributed by atoms with Crippen molar-refractivity contribution in [3.05, 3.63) is 96.2 Å². The Kier molecular flexibility index (Phi) is 8.36. The maximum atomic E-state index is 13.4. The summed E-state index contributed by atoms with van der Waals surface area (Å²) in [6, 6.07) is 26.4. The smallest absolute Gasteiger partial charge is 0.254 e. The number of carbonyl (C=O) groups excluding carboxylic acids is 2. The zero-order valence-electron chi connectivity index (χ0n) is 21.5. The third-order valence-electron chi connectivity index (χ3n) is 6.12. The molecule has 37 heavy (non-hydrogen) atoms. The van der Waals surface area contributed by atoms with Crippen LogP contribution >= 0.6 is 0 Å². The maximum absolute atomic E-state index is 13.4. The minimum absolute atomic E-state index is 0.0607. The Labute approximate surface area is 217 Å². The molecule has 1 heterocycles. The third kappa shape index (κ3) is 6.06. The van der Waals surface area contributed by atoms with Crippen molar-refractivity contribution in [1.29, 1.82) is 0 Å². The molecule has 0 aliphatic heterocycles. The fourth-order valence-electron chi connectivity index (χ4n) is 4.21. The highest BCUT2D eigenvalue weighted by Crippen LogP contribution is 2.33. The molecule has 0 unspecified atom stereocenters. The standard InChI is InChI=1S/C30H32N4O3/c1-4-5-20-33(30(36)24-14-10-7-11-15-24)21-27(35)31-29-28(23-12-8-6-9-13-23)22(2)32-34(29)25-16-18-26(37-3)19-17-25/h6-19H,4-5,20-21H2,1-3H3,(H,31,35). The molecule has 0 spiro atoms. The van der Waals surface area contributed by atoms with Crippen LogP contribution in [-0.4, -0.2) is 46.7 Å². The lowest BCUT2D eigenvalue weighted by Gasteiger charge is -2.22. The van der Waals surface area contributed by atoms with Crippen LogP contribution in [-0.2, 0) is 4.79 Å². The number of aryl methyl sites for hydroxylation is 1. The van der Waals surface area contributed by atoms with Crippen molar-refractivity contribution in [3.8, 4) is 22.6 Å². The number of unbranched alkanes of at least 4 members (excludes halogenated alkanes) is 1. The molecule has 190 valence electrons. The molecule has 1 N–H and O–H groups in total. The first-order valence-corrected chi connectivity index (χ1v) is 12.5. The minimum atomic E-state index is -0.285. The third-order valence-corrected chi connectivity index (χ3v) is 6.12. The van der Waals surface area contributed by atoms with Crippen LogP contribution in [0.4, 0.5) is 5.82 Å². The number of carbonyl (C=O) groups is 2. The van der Waals surface area contributed by atoms with Gasteiger partial charge in [0, 0.05) is 17.7 Å². The molecular formula is C30H32N4O3. The highest BCUT2D eigenvalue weighted by atomic mass is 16.5. The van der Waals surface area contributed by atoms with Crippen LogP contribution in [0, 0.1) is 6.92 Å². The fourth-order valence-corrected chi connectivity index (χ4v) is 4.21. The predicted octanol–water partition coefficient (Wildman–Crippen LogP) is 5.74. The van der Waals surface area contributed by atoms with Gasteiger partial charge in [-0.1, -0.05) is 61.9 Å². The lowest BCUT2D eigenvalue weighted by Crippen LogP contribution is -2.39. The molecule has 0 fully saturated rings. The second-order valence-corrected chi connectivity index (χ2v) is 8.78. The van der Waals surface area contributed by atoms with Gasteiger partial charge in [-0.2, -0.15) is 5.10 Å². The van der Waals surface area contributed by atoms with E-state index < -0.39 is 0 Å². The molecule has 0 radical (unpaired) electrons. The van der Waals surface area contributed by atoms with Gasteiger partial charge in [-0.15, -0.1) is 0 Å². The Morgan fingerprint density at radius 1 is 0.946 bits per heavy atom. The largest absolute Gasteiger partial charge is 0.497 e. The number of hydrogen-bond donors (Lipinski definition) is 1. The zero-order valence-corrected chi connectivity index (χ0v) is 21.5. The van der Waals surface area contributed by atoms with Crippen molar-refractivity contribution >= 4 is 17.6 Å². The highest BCUT2D eigenvalue weighted by Gasteiger charge is 2.23. The van der Waals surface area contributed by atoms with Gasteiger partial charge in [0.1, 0.15) is 18.1 Å². The molecule has 4 aromatic rings. The van der Waals surface area contributed by atoms with Gasteiger partial charge < -0.3 is 15.0 Å². The van der Waals surface area contributed by atoms with Gasteiger partial charge in [-0.05, 0) is 55.3 Å². The summed E-state index contributed by atoms with van der Waals surface area (Å²) in [5.41, 5.74) is 3.90. The number of methoxy groups -OCH3 is 1. The summed E-state index contributed by atoms with van der Waals surface area (Å²) in [6.07, 6.45) is 1.73. The molecule has 0 aliphatic rings. The number of ether oxygens (including phenoxy) is 1. The molecule has 3 aromatic carbocycles. The summed E-state index contributed by atoms with van der Waals surface area (Å²) < 4.78 is 7.02. The van der Waals surface area contributed by atoms with E-state index in [9.17, 15) is 9.59 Å². The van der Waals surface area contributed by atoms with Crippen LogP contribution in [0.1, 0.15) is 35.8 Å². The van der Waals surface area contributed by atoms with Gasteiger partial charge in [-0.3, -0.25) is 9.59 Å². The SMILES string of the molecule is CCCCN(CC(=O)Nc1c(-c2ccccc2)c(C)nn1-c1ccc(OC)cc1)C(=O)c1ccccc1. The molecule has 0 atom stereocenters. The average Bonchev–Trinajstić information content (AvgIpc) is 3.26. The topological polar surface area (TPSA) is 76.5 Å². The van der Waals surface area contributed by atoms with Crippen LogP contribution in [0.3, 0.4) is 0 Å². The molecule has 0 saturated carbocycles. The molecule has 7 nitrogen and oxygen atoms in total. The Balaban J connectivity index is 1.67. The second-order valence-electron chi connectivity index (χ2n) is 8.78. The first kappa shape index (κ1) is 25.7. The number of anilines is 1. The molecule has 2 amide bonds. The Morgan fingerprint density at radius 3 is 2.22 bits per heavy atom. The Bertz CT molecular complexity index is 1330. The quantitative estimate of drug-likeness (QED) is 0.304. The van der Waals surface area contributed by atoms with Crippen LogP contribution in [0.5, 0.6) is 5.75 Å². The summed E-state index contributed by atoms with van der Waals surface area (Å²) in [4.78, 5) is 28.2. The van der Waals surface area contributed by atoms with Crippen LogP contribution in [0.2, 0.25) is 0 Å². The molecule has 1 aromatic heterocycles. The van der Waals surface area contributed by atoms with E-state index in [1.165, 1.54) is 0 Å². The number of nitrogens with one attached hydrogen (secondary N) is 1. The molecule has 0 saturated heterocycles. The number of benzene rings is 3. The molecule has 0 bridgehead atoms. The summed E-state index contributed by atoms with van der Waals surface area (Å²) in [7, 11) is 1.62. The average molecular weight is 497 g/mol. The highest BCUT2D eigenvalue weighted by molar-refractivity contribution is 6.01. The van der Waals surface area contributed by atoms with E-state index in [0.717, 1.165) is 41.1 Å². The first-order chi connectivity index (χ1) is 18.0. The van der Waals surface area contributed by atoms with Crippen LogP contribution in [0.15, 0.2) is 84.9 Å². The van der Waals surface area contributed by atoms with E-state index in [1.54, 1.807) is 28.8 Å². The van der Waals surface area contributed by atoms with Gasteiger partial charge in [0.2, 0.25) is 5.91 Å². The normalized spacial score (nSPS) is 10.7. The van der Waals surface area contributed by atoms with Crippen LogP contribution < -0.4 is 10.1 Å². The van der Waals surface area contributed by atoms with Crippen molar-refractivity contribution in [2.45, 2.75) is 26.7 Å². The van der Waals surface area contributed by atoms with Gasteiger partial charge in [0.25, 0.3) is 5.91 Å². The van der Waals surface area contributed by atoms with Gasteiger partial charge in [-0.25, -0.2) is 4.68 Å². The summed E-state index contributed by atoms with van der Waals surface area (Å²) in [5.74, 6) is 0.841. The summed E-state index contributed by atoms with van der Waals surface area (Å²) in [6.45, 7) is 4.42. The van der Waals surface area contributed by atoms with Gasteiger partial charge >= 0.3 is 0 Å². The van der Waals surface area contributed by atoms with Crippen molar-refractivity contribution in [1.82, 2.24) is 14.7 Å². The van der Waals surface area contributed by atoms with Crippen LogP contribution in [0.25, 0.3) is 16.8 Å². The number of nitrogens with zero attached hydrogens (tertiary/aromatic N) is 3. The van der Waals surface area contributed by atoms with Gasteiger partial charge in [0.15, 0.2) is 0 Å². The maximum Gasteiger partial charge on any atom is 0.254 e. The summed E-state index contributed by atoms with van der Waals surface area (Å²) >= 11 is 0. The van der Waals surface area contributed by atoms with E-state index in [4.69, 9.17) is 9.84 Å². The first-order valence-electron chi connectivity index (χ1n) is 12.5. The zero-order chi connectivity index (χ0) is 26.2. The monoisotopic (exact) mass is 496 g/mol. The van der Waals surface area contributed by atoms with E-state index in [2.05, 4.69) is 12.2 Å². The van der Waals surface area contributed by atoms with E-state index in [0.29, 0.717) is 17.9 Å². The Hall–Kier alpha value is -4.39. The lowest BCUT2D eigenvalue weighted by atomic mass is 10.1. The van der Waals surface area contributed by atoms with Crippen molar-refractivity contribution in [2.75, 3.05) is 25.5 Å². The fraction of sp³-hybridized carbons (Fsp3) is 0.233. The summed E-state index contributed by atoms with van der Waals surface area (Å²) in [5, 5.41) is 7.83. The Morgan fingerprint density at radius 2 is 1.59 bits per heavy atom. The van der Waals surface area contributed by atoms with E-state index in [1.807, 2.05) is 79.7 Å². The molecule has 4 rings (SSSR count). The number of hydrogen-bond acceptors (Lipinski definition) is 4. The second kappa shape index (κ2) is 12.0. The number of amides is 2. The van der Waals surface area contributed by atoms with Crippen molar-refractivity contribution in [2.24, 2.45) is 0 Å². The number of rotatable bonds is 10. The molecule has 7 heteroatoms. The minimum Gasteiger partial charge on any atom is -0.497 e. The van der Waals surface area contributed by atoms with E-state index >= 15 is 0 Å². The van der Waals surface area contributed by atoms with Gasteiger partial charge in [0.05, 0.1) is 18.5 Å². The molecular weight excluding hydrogens is 464 g/mol. The number of aromatic nitrogens is 2. The van der Waals surface area contributed by atoms with E-state index in [-0.39, 0.29) is 18.4 Å².